The number of ether oxygens (including phenoxy) is 3. The quantitative estimate of drug-likeness (QED) is 0.439. The number of rotatable bonds is 11. The van der Waals surface area contributed by atoms with Crippen LogP contribution in [-0.2, 0) is 9.53 Å². The van der Waals surface area contributed by atoms with Gasteiger partial charge in [-0.3, -0.25) is 4.79 Å². The van der Waals surface area contributed by atoms with Crippen molar-refractivity contribution < 1.29 is 27.8 Å². The smallest absolute Gasteiger partial charge is 0.387 e. The minimum absolute atomic E-state index is 0.0311. The van der Waals surface area contributed by atoms with E-state index in [1.807, 2.05) is 0 Å². The first-order chi connectivity index (χ1) is 13.6. The van der Waals surface area contributed by atoms with Crippen molar-refractivity contribution >= 4 is 12.0 Å². The monoisotopic (exact) mass is 397 g/mol. The van der Waals surface area contributed by atoms with Crippen molar-refractivity contribution in [2.45, 2.75) is 58.2 Å². The Morgan fingerprint density at radius 3 is 2.75 bits per heavy atom. The Kier molecular flexibility index (Phi) is 9.76. The molecule has 5 nitrogen and oxygen atoms in total. The standard InChI is InChI=1S/C21H29F2NO4/c1-2-26-19-15-16(9-11-18(19)28-21(22)23)10-12-20(25)24-13-6-14-27-17-7-4-3-5-8-17/h9-12,15,17,21H,2-8,13-14H2,1H3,(H,24,25)/b12-10+. The second-order valence-electron chi connectivity index (χ2n) is 6.63. The number of halogens is 2. The minimum atomic E-state index is -2.92. The van der Waals surface area contributed by atoms with Crippen LogP contribution in [0.1, 0.15) is 51.0 Å². The maximum Gasteiger partial charge on any atom is 0.387 e. The van der Waals surface area contributed by atoms with Gasteiger partial charge in [0.25, 0.3) is 0 Å². The molecule has 1 aromatic rings. The molecule has 156 valence electrons. The molecule has 1 aliphatic carbocycles. The number of carbonyl (C=O) groups excluding carboxylic acids is 1. The molecular weight excluding hydrogens is 368 g/mol. The summed E-state index contributed by atoms with van der Waals surface area (Å²) in [5.41, 5.74) is 0.654. The number of carbonyl (C=O) groups is 1. The Labute approximate surface area is 165 Å². The molecule has 0 spiro atoms. The van der Waals surface area contributed by atoms with E-state index in [1.165, 1.54) is 31.4 Å². The van der Waals surface area contributed by atoms with E-state index in [1.54, 1.807) is 25.1 Å². The molecule has 1 amide bonds. The van der Waals surface area contributed by atoms with E-state index in [-0.39, 0.29) is 17.4 Å². The van der Waals surface area contributed by atoms with Gasteiger partial charge in [-0.25, -0.2) is 0 Å². The van der Waals surface area contributed by atoms with Gasteiger partial charge in [-0.1, -0.05) is 25.3 Å². The summed E-state index contributed by atoms with van der Waals surface area (Å²) in [5, 5.41) is 2.81. The van der Waals surface area contributed by atoms with Crippen LogP contribution in [0, 0.1) is 0 Å². The third kappa shape index (κ3) is 8.25. The number of hydrogen-bond donors (Lipinski definition) is 1. The largest absolute Gasteiger partial charge is 0.490 e. The number of alkyl halides is 2. The van der Waals surface area contributed by atoms with Crippen molar-refractivity contribution in [1.82, 2.24) is 5.32 Å². The molecule has 0 unspecified atom stereocenters. The third-order valence-electron chi connectivity index (χ3n) is 4.44. The van der Waals surface area contributed by atoms with Crippen LogP contribution in [0.4, 0.5) is 8.78 Å². The molecule has 1 aromatic carbocycles. The van der Waals surface area contributed by atoms with Crippen molar-refractivity contribution in [3.8, 4) is 11.5 Å². The first kappa shape index (κ1) is 22.1. The zero-order valence-corrected chi connectivity index (χ0v) is 16.3. The van der Waals surface area contributed by atoms with Gasteiger partial charge >= 0.3 is 6.61 Å². The molecule has 0 saturated heterocycles. The average molecular weight is 397 g/mol. The highest BCUT2D eigenvalue weighted by molar-refractivity contribution is 5.91. The lowest BCUT2D eigenvalue weighted by atomic mass is 9.98. The van der Waals surface area contributed by atoms with Crippen molar-refractivity contribution in [3.63, 3.8) is 0 Å². The highest BCUT2D eigenvalue weighted by atomic mass is 19.3. The lowest BCUT2D eigenvalue weighted by molar-refractivity contribution is -0.116. The van der Waals surface area contributed by atoms with Crippen molar-refractivity contribution in [2.75, 3.05) is 19.8 Å². The molecule has 0 heterocycles. The number of amides is 1. The van der Waals surface area contributed by atoms with Crippen molar-refractivity contribution in [1.29, 1.82) is 0 Å². The fourth-order valence-corrected chi connectivity index (χ4v) is 3.09. The van der Waals surface area contributed by atoms with Gasteiger partial charge in [-0.05, 0) is 50.0 Å². The van der Waals surface area contributed by atoms with E-state index < -0.39 is 6.61 Å². The zero-order chi connectivity index (χ0) is 20.2. The van der Waals surface area contributed by atoms with Gasteiger partial charge in [0.1, 0.15) is 0 Å². The van der Waals surface area contributed by atoms with Gasteiger partial charge < -0.3 is 19.5 Å². The molecule has 0 atom stereocenters. The lowest BCUT2D eigenvalue weighted by Gasteiger charge is -2.21. The van der Waals surface area contributed by atoms with Crippen LogP contribution in [-0.4, -0.2) is 38.4 Å². The molecule has 7 heteroatoms. The summed E-state index contributed by atoms with van der Waals surface area (Å²) in [5.74, 6) is -0.0369. The zero-order valence-electron chi connectivity index (χ0n) is 16.3. The minimum Gasteiger partial charge on any atom is -0.490 e. The van der Waals surface area contributed by atoms with Crippen LogP contribution in [0.5, 0.6) is 11.5 Å². The fraction of sp³-hybridized carbons (Fsp3) is 0.571. The van der Waals surface area contributed by atoms with Crippen LogP contribution in [0.25, 0.3) is 6.08 Å². The van der Waals surface area contributed by atoms with Crippen LogP contribution in [0.3, 0.4) is 0 Å². The van der Waals surface area contributed by atoms with Crippen LogP contribution >= 0.6 is 0 Å². The van der Waals surface area contributed by atoms with Crippen LogP contribution in [0.15, 0.2) is 24.3 Å². The van der Waals surface area contributed by atoms with E-state index in [0.29, 0.717) is 31.4 Å². The third-order valence-corrected chi connectivity index (χ3v) is 4.44. The molecule has 0 radical (unpaired) electrons. The summed E-state index contributed by atoms with van der Waals surface area (Å²) in [7, 11) is 0. The second kappa shape index (κ2) is 12.3. The van der Waals surface area contributed by atoms with Gasteiger partial charge in [0.05, 0.1) is 12.7 Å². The predicted octanol–water partition coefficient (Wildman–Crippen LogP) is 4.56. The van der Waals surface area contributed by atoms with E-state index in [0.717, 1.165) is 19.3 Å². The van der Waals surface area contributed by atoms with Gasteiger partial charge in [0, 0.05) is 19.2 Å². The maximum absolute atomic E-state index is 12.4. The lowest BCUT2D eigenvalue weighted by Crippen LogP contribution is -2.24. The number of benzene rings is 1. The topological polar surface area (TPSA) is 56.8 Å². The Balaban J connectivity index is 1.73. The van der Waals surface area contributed by atoms with Gasteiger partial charge in [0.15, 0.2) is 11.5 Å². The van der Waals surface area contributed by atoms with Crippen molar-refractivity contribution in [3.05, 3.63) is 29.8 Å². The van der Waals surface area contributed by atoms with E-state index in [4.69, 9.17) is 9.47 Å². The molecule has 0 aliphatic heterocycles. The first-order valence-corrected chi connectivity index (χ1v) is 9.87. The molecule has 1 aliphatic rings. The van der Waals surface area contributed by atoms with E-state index >= 15 is 0 Å². The summed E-state index contributed by atoms with van der Waals surface area (Å²) in [6.45, 7) is 0.337. The van der Waals surface area contributed by atoms with Crippen LogP contribution < -0.4 is 14.8 Å². The number of hydrogen-bond acceptors (Lipinski definition) is 4. The normalized spacial score (nSPS) is 15.1. The maximum atomic E-state index is 12.4. The molecule has 1 N–H and O–H groups in total. The summed E-state index contributed by atoms with van der Waals surface area (Å²) in [6.07, 6.45) is 10.2. The van der Waals surface area contributed by atoms with Gasteiger partial charge in [0.2, 0.25) is 5.91 Å². The fourth-order valence-electron chi connectivity index (χ4n) is 3.09. The second-order valence-corrected chi connectivity index (χ2v) is 6.63. The van der Waals surface area contributed by atoms with Crippen LogP contribution in [0.2, 0.25) is 0 Å². The molecule has 0 bridgehead atoms. The summed E-state index contributed by atoms with van der Waals surface area (Å²) < 4.78 is 40.4. The molecular formula is C21H29F2NO4. The van der Waals surface area contributed by atoms with Gasteiger partial charge in [-0.2, -0.15) is 8.78 Å². The molecule has 2 rings (SSSR count). The highest BCUT2D eigenvalue weighted by Crippen LogP contribution is 2.30. The molecule has 0 aromatic heterocycles. The van der Waals surface area contributed by atoms with Gasteiger partial charge in [-0.15, -0.1) is 0 Å². The summed E-state index contributed by atoms with van der Waals surface area (Å²) >= 11 is 0. The Morgan fingerprint density at radius 1 is 1.25 bits per heavy atom. The SMILES string of the molecule is CCOc1cc(/C=C/C(=O)NCCCOC2CCCCC2)ccc1OC(F)F. The molecule has 1 saturated carbocycles. The van der Waals surface area contributed by atoms with Crippen molar-refractivity contribution in [2.24, 2.45) is 0 Å². The Morgan fingerprint density at radius 2 is 2.04 bits per heavy atom. The first-order valence-electron chi connectivity index (χ1n) is 9.87. The summed E-state index contributed by atoms with van der Waals surface area (Å²) in [4.78, 5) is 11.9. The highest BCUT2D eigenvalue weighted by Gasteiger charge is 2.13. The average Bonchev–Trinajstić information content (AvgIpc) is 2.68. The Bertz CT molecular complexity index is 631. The van der Waals surface area contributed by atoms with E-state index in [2.05, 4.69) is 10.1 Å². The summed E-state index contributed by atoms with van der Waals surface area (Å²) in [6, 6.07) is 4.54. The number of nitrogens with one attached hydrogen (secondary N) is 1. The molecule has 28 heavy (non-hydrogen) atoms. The molecule has 1 fully saturated rings. The van der Waals surface area contributed by atoms with E-state index in [9.17, 15) is 13.6 Å². The Hall–Kier alpha value is -2.15. The predicted molar refractivity (Wildman–Crippen MR) is 104 cm³/mol.